The highest BCUT2D eigenvalue weighted by Gasteiger charge is 2.28. The van der Waals surface area contributed by atoms with Gasteiger partial charge in [0, 0.05) is 6.04 Å². The number of aliphatic carboxylic acids is 1. The Kier molecular flexibility index (Phi) is 10.6. The number of ether oxygens (including phenoxy) is 1. The van der Waals surface area contributed by atoms with E-state index in [4.69, 9.17) is 15.6 Å². The summed E-state index contributed by atoms with van der Waals surface area (Å²) in [5.41, 5.74) is 8.16. The van der Waals surface area contributed by atoms with Crippen molar-refractivity contribution < 1.29 is 29.3 Å². The molecule has 6 N–H and O–H groups in total. The quantitative estimate of drug-likeness (QED) is 0.322. The zero-order valence-electron chi connectivity index (χ0n) is 19.8. The number of rotatable bonds is 12. The van der Waals surface area contributed by atoms with Crippen molar-refractivity contribution in [2.75, 3.05) is 13.2 Å². The van der Waals surface area contributed by atoms with E-state index in [2.05, 4.69) is 10.6 Å². The second-order valence-corrected chi connectivity index (χ2v) is 8.89. The smallest absolute Gasteiger partial charge is 0.328 e. The summed E-state index contributed by atoms with van der Waals surface area (Å²) in [7, 11) is 0. The molecule has 2 amide bonds. The molecule has 0 aromatic heterocycles. The number of aliphatic hydroxyl groups is 1. The van der Waals surface area contributed by atoms with E-state index in [9.17, 15) is 19.5 Å². The minimum absolute atomic E-state index is 0.0444. The van der Waals surface area contributed by atoms with Crippen molar-refractivity contribution in [2.45, 2.75) is 66.1 Å². The summed E-state index contributed by atoms with van der Waals surface area (Å²) >= 11 is 0. The second-order valence-electron chi connectivity index (χ2n) is 8.89. The lowest BCUT2D eigenvalue weighted by Gasteiger charge is -2.23. The normalized spacial score (nSPS) is 14.1. The van der Waals surface area contributed by atoms with Crippen LogP contribution in [0.15, 0.2) is 12.1 Å². The third-order valence-corrected chi connectivity index (χ3v) is 5.25. The van der Waals surface area contributed by atoms with Crippen LogP contribution in [0.2, 0.25) is 0 Å². The molecule has 0 fully saturated rings. The maximum Gasteiger partial charge on any atom is 0.328 e. The monoisotopic (exact) mass is 451 g/mol. The first-order valence-electron chi connectivity index (χ1n) is 10.8. The summed E-state index contributed by atoms with van der Waals surface area (Å²) in [6, 6.07) is 0.814. The minimum atomic E-state index is -1.45. The van der Waals surface area contributed by atoms with Crippen molar-refractivity contribution in [1.29, 1.82) is 0 Å². The fraction of sp³-hybridized carbons (Fsp3) is 0.609. The van der Waals surface area contributed by atoms with E-state index >= 15 is 0 Å². The molecule has 0 saturated heterocycles. The van der Waals surface area contributed by atoms with Crippen molar-refractivity contribution in [3.63, 3.8) is 0 Å². The molecule has 1 aromatic rings. The fourth-order valence-corrected chi connectivity index (χ4v) is 2.86. The molecule has 9 nitrogen and oxygen atoms in total. The Morgan fingerprint density at radius 3 is 2.12 bits per heavy atom. The van der Waals surface area contributed by atoms with Gasteiger partial charge in [-0.3, -0.25) is 9.59 Å². The van der Waals surface area contributed by atoms with Gasteiger partial charge in [0.2, 0.25) is 5.91 Å². The number of carbonyl (C=O) groups excluding carboxylic acids is 2. The van der Waals surface area contributed by atoms with Crippen LogP contribution in [0, 0.1) is 25.7 Å². The molecule has 0 spiro atoms. The zero-order chi connectivity index (χ0) is 24.6. The maximum absolute atomic E-state index is 13.1. The number of amides is 2. The van der Waals surface area contributed by atoms with Gasteiger partial charge in [0.25, 0.3) is 5.91 Å². The van der Waals surface area contributed by atoms with Crippen LogP contribution in [-0.4, -0.2) is 59.3 Å². The third-order valence-electron chi connectivity index (χ3n) is 5.25. The molecule has 0 unspecified atom stereocenters. The van der Waals surface area contributed by atoms with E-state index in [-0.39, 0.29) is 36.5 Å². The predicted octanol–water partition coefficient (Wildman–Crippen LogP) is 1.37. The molecule has 1 aromatic carbocycles. The Bertz CT molecular complexity index is 809. The van der Waals surface area contributed by atoms with Crippen molar-refractivity contribution in [2.24, 2.45) is 17.6 Å². The molecule has 1 rings (SSSR count). The van der Waals surface area contributed by atoms with E-state index in [1.807, 2.05) is 41.5 Å². The molecule has 0 aliphatic heterocycles. The number of hydrogen-bond acceptors (Lipinski definition) is 6. The van der Waals surface area contributed by atoms with Gasteiger partial charge in [0.1, 0.15) is 24.4 Å². The molecule has 32 heavy (non-hydrogen) atoms. The molecule has 0 radical (unpaired) electrons. The number of nitrogens with one attached hydrogen (secondary N) is 2. The number of aryl methyl sites for hydroxylation is 2. The Labute approximate surface area is 189 Å². The highest BCUT2D eigenvalue weighted by atomic mass is 16.5. The van der Waals surface area contributed by atoms with Gasteiger partial charge >= 0.3 is 5.97 Å². The van der Waals surface area contributed by atoms with Gasteiger partial charge in [-0.25, -0.2) is 4.79 Å². The highest BCUT2D eigenvalue weighted by Crippen LogP contribution is 2.24. The van der Waals surface area contributed by atoms with E-state index in [0.717, 1.165) is 11.1 Å². The summed E-state index contributed by atoms with van der Waals surface area (Å²) in [5, 5.41) is 23.2. The van der Waals surface area contributed by atoms with Crippen LogP contribution >= 0.6 is 0 Å². The van der Waals surface area contributed by atoms with Gasteiger partial charge in [-0.1, -0.05) is 27.7 Å². The SMILES string of the molecule is Cc1cc(OC[C@H](N)C(C)C)c(C(=O)N[C@@H](CC(C)C)C(=O)N[C@@H](CO)C(=O)O)cc1C. The molecule has 9 heteroatoms. The summed E-state index contributed by atoms with van der Waals surface area (Å²) in [5.74, 6) is -1.94. The van der Waals surface area contributed by atoms with E-state index in [1.165, 1.54) is 0 Å². The number of carbonyl (C=O) groups is 3. The summed E-state index contributed by atoms with van der Waals surface area (Å²) in [4.78, 5) is 36.9. The molecule has 0 saturated carbocycles. The van der Waals surface area contributed by atoms with Crippen LogP contribution in [0.5, 0.6) is 5.75 Å². The van der Waals surface area contributed by atoms with E-state index in [1.54, 1.807) is 12.1 Å². The number of nitrogens with two attached hydrogens (primary N) is 1. The topological polar surface area (TPSA) is 151 Å². The largest absolute Gasteiger partial charge is 0.491 e. The van der Waals surface area contributed by atoms with Gasteiger partial charge in [-0.05, 0) is 55.4 Å². The molecule has 0 bridgehead atoms. The molecule has 180 valence electrons. The molecule has 0 aliphatic rings. The van der Waals surface area contributed by atoms with Gasteiger partial charge in [0.05, 0.1) is 12.2 Å². The lowest BCUT2D eigenvalue weighted by atomic mass is 10.0. The van der Waals surface area contributed by atoms with Crippen molar-refractivity contribution in [1.82, 2.24) is 10.6 Å². The number of benzene rings is 1. The third kappa shape index (κ3) is 8.12. The second kappa shape index (κ2) is 12.4. The summed E-state index contributed by atoms with van der Waals surface area (Å²) in [6.45, 7) is 11.0. The van der Waals surface area contributed by atoms with Gasteiger partial charge in [0.15, 0.2) is 0 Å². The van der Waals surface area contributed by atoms with Crippen LogP contribution in [-0.2, 0) is 9.59 Å². The molecular formula is C23H37N3O6. The standard InChI is InChI=1S/C23H37N3O6/c1-12(2)7-18(22(29)26-19(10-27)23(30)31)25-21(28)16-8-14(5)15(6)9-20(16)32-11-17(24)13(3)4/h8-9,12-13,17-19,27H,7,10-11,24H2,1-6H3,(H,25,28)(H,26,29)(H,30,31)/t17-,18-,19-/m0/s1. The molecule has 3 atom stereocenters. The van der Waals surface area contributed by atoms with Crippen LogP contribution in [0.25, 0.3) is 0 Å². The average molecular weight is 452 g/mol. The minimum Gasteiger partial charge on any atom is -0.491 e. The lowest BCUT2D eigenvalue weighted by molar-refractivity contribution is -0.143. The number of aliphatic hydroxyl groups excluding tert-OH is 1. The fourth-order valence-electron chi connectivity index (χ4n) is 2.86. The Balaban J connectivity index is 3.14. The number of hydrogen-bond donors (Lipinski definition) is 5. The summed E-state index contributed by atoms with van der Waals surface area (Å²) < 4.78 is 5.86. The van der Waals surface area contributed by atoms with Crippen molar-refractivity contribution in [3.8, 4) is 5.75 Å². The lowest BCUT2D eigenvalue weighted by Crippen LogP contribution is -2.53. The first-order chi connectivity index (χ1) is 14.9. The van der Waals surface area contributed by atoms with E-state index in [0.29, 0.717) is 5.75 Å². The Morgan fingerprint density at radius 2 is 1.62 bits per heavy atom. The Morgan fingerprint density at radius 1 is 1.03 bits per heavy atom. The molecule has 0 heterocycles. The first-order valence-corrected chi connectivity index (χ1v) is 10.8. The van der Waals surface area contributed by atoms with Crippen LogP contribution < -0.4 is 21.1 Å². The number of carboxylic acids is 1. The molecular weight excluding hydrogens is 414 g/mol. The predicted molar refractivity (Wildman–Crippen MR) is 122 cm³/mol. The van der Waals surface area contributed by atoms with Crippen molar-refractivity contribution >= 4 is 17.8 Å². The van der Waals surface area contributed by atoms with Crippen LogP contribution in [0.3, 0.4) is 0 Å². The zero-order valence-corrected chi connectivity index (χ0v) is 19.8. The summed E-state index contributed by atoms with van der Waals surface area (Å²) in [6.07, 6.45) is 0.286. The maximum atomic E-state index is 13.1. The first kappa shape index (κ1) is 27.4. The van der Waals surface area contributed by atoms with Gasteiger partial charge in [-0.15, -0.1) is 0 Å². The Hall–Kier alpha value is -2.65. The highest BCUT2D eigenvalue weighted by molar-refractivity contribution is 6.00. The van der Waals surface area contributed by atoms with Gasteiger partial charge in [-0.2, -0.15) is 0 Å². The van der Waals surface area contributed by atoms with Crippen LogP contribution in [0.1, 0.15) is 55.6 Å². The van der Waals surface area contributed by atoms with Crippen molar-refractivity contribution in [3.05, 3.63) is 28.8 Å². The van der Waals surface area contributed by atoms with Crippen LogP contribution in [0.4, 0.5) is 0 Å². The van der Waals surface area contributed by atoms with E-state index < -0.39 is 36.5 Å². The molecule has 0 aliphatic carbocycles. The van der Waals surface area contributed by atoms with Gasteiger partial charge < -0.3 is 31.3 Å². The average Bonchev–Trinajstić information content (AvgIpc) is 2.70. The number of carboxylic acid groups (broad SMARTS) is 1.